The number of piperidine rings is 1. The zero-order chi connectivity index (χ0) is 23.1. The van der Waals surface area contributed by atoms with Gasteiger partial charge in [-0.05, 0) is 61.8 Å². The van der Waals surface area contributed by atoms with Crippen molar-refractivity contribution in [2.45, 2.75) is 58.4 Å². The first-order chi connectivity index (χ1) is 15.4. The highest BCUT2D eigenvalue weighted by atomic mass is 16.5. The summed E-state index contributed by atoms with van der Waals surface area (Å²) >= 11 is 0. The van der Waals surface area contributed by atoms with E-state index >= 15 is 0 Å². The molecule has 1 aliphatic carbocycles. The lowest BCUT2D eigenvalue weighted by molar-refractivity contribution is -0.137. The largest absolute Gasteiger partial charge is 0.497 e. The quantitative estimate of drug-likeness (QED) is 0.647. The molecule has 3 rings (SSSR count). The van der Waals surface area contributed by atoms with Gasteiger partial charge in [-0.15, -0.1) is 0 Å². The number of hydrogen-bond donors (Lipinski definition) is 2. The van der Waals surface area contributed by atoms with E-state index in [-0.39, 0.29) is 29.6 Å². The number of hydrogen-bond acceptors (Lipinski definition) is 4. The maximum Gasteiger partial charge on any atom is 0.251 e. The molecule has 1 aromatic carbocycles. The monoisotopic (exact) mass is 443 g/mol. The van der Waals surface area contributed by atoms with E-state index in [4.69, 9.17) is 4.74 Å². The van der Waals surface area contributed by atoms with Gasteiger partial charge in [-0.1, -0.05) is 26.7 Å². The summed E-state index contributed by atoms with van der Waals surface area (Å²) in [5.74, 6) is 1.00. The molecule has 176 valence electrons. The van der Waals surface area contributed by atoms with E-state index < -0.39 is 6.04 Å². The molecule has 2 N–H and O–H groups in total. The minimum atomic E-state index is -0.618. The van der Waals surface area contributed by atoms with Crippen molar-refractivity contribution in [1.29, 1.82) is 0 Å². The van der Waals surface area contributed by atoms with Crippen molar-refractivity contribution >= 4 is 17.7 Å². The van der Waals surface area contributed by atoms with Crippen LogP contribution >= 0.6 is 0 Å². The highest BCUT2D eigenvalue weighted by molar-refractivity contribution is 5.97. The summed E-state index contributed by atoms with van der Waals surface area (Å²) < 4.78 is 5.16. The average molecular weight is 444 g/mol. The van der Waals surface area contributed by atoms with E-state index in [0.717, 1.165) is 25.7 Å². The third-order valence-corrected chi connectivity index (χ3v) is 6.63. The summed E-state index contributed by atoms with van der Waals surface area (Å²) in [5.41, 5.74) is 0.487. The number of carbonyl (C=O) groups excluding carboxylic acids is 3. The molecule has 0 bridgehead atoms. The maximum atomic E-state index is 13.0. The lowest BCUT2D eigenvalue weighted by atomic mass is 9.87. The molecule has 1 heterocycles. The van der Waals surface area contributed by atoms with Crippen molar-refractivity contribution in [2.24, 2.45) is 17.8 Å². The van der Waals surface area contributed by atoms with Crippen LogP contribution in [-0.2, 0) is 9.59 Å². The molecular formula is C25H37N3O4. The number of ether oxygens (including phenoxy) is 1. The molecule has 0 radical (unpaired) electrons. The Morgan fingerprint density at radius 3 is 2.22 bits per heavy atom. The van der Waals surface area contributed by atoms with Crippen LogP contribution in [-0.4, -0.2) is 55.4 Å². The number of likely N-dealkylation sites (tertiary alicyclic amines) is 1. The van der Waals surface area contributed by atoms with Gasteiger partial charge in [0.25, 0.3) is 5.91 Å². The predicted molar refractivity (Wildman–Crippen MR) is 123 cm³/mol. The number of rotatable bonds is 8. The molecule has 7 heteroatoms. The first kappa shape index (κ1) is 24.1. The summed E-state index contributed by atoms with van der Waals surface area (Å²) in [6.07, 6.45) is 5.70. The van der Waals surface area contributed by atoms with Crippen LogP contribution < -0.4 is 15.4 Å². The summed E-state index contributed by atoms with van der Waals surface area (Å²) in [4.78, 5) is 40.6. The number of nitrogens with zero attached hydrogens (tertiary/aromatic N) is 1. The van der Waals surface area contributed by atoms with E-state index in [1.807, 2.05) is 18.7 Å². The summed E-state index contributed by atoms with van der Waals surface area (Å²) in [6, 6.07) is 6.23. The summed E-state index contributed by atoms with van der Waals surface area (Å²) in [6.45, 7) is 5.93. The molecule has 2 fully saturated rings. The summed E-state index contributed by atoms with van der Waals surface area (Å²) in [5, 5.41) is 5.95. The van der Waals surface area contributed by atoms with Crippen LogP contribution in [0.3, 0.4) is 0 Å². The second-order valence-electron chi connectivity index (χ2n) is 9.46. The van der Waals surface area contributed by atoms with Gasteiger partial charge in [0, 0.05) is 31.1 Å². The highest BCUT2D eigenvalue weighted by Gasteiger charge is 2.35. The average Bonchev–Trinajstić information content (AvgIpc) is 3.35. The van der Waals surface area contributed by atoms with E-state index in [1.54, 1.807) is 31.4 Å². The molecule has 0 aromatic heterocycles. The molecule has 7 nitrogen and oxygen atoms in total. The van der Waals surface area contributed by atoms with Crippen molar-refractivity contribution in [2.75, 3.05) is 26.7 Å². The Labute approximate surface area is 191 Å². The predicted octanol–water partition coefficient (Wildman–Crippen LogP) is 2.99. The number of benzene rings is 1. The fraction of sp³-hybridized carbons (Fsp3) is 0.640. The van der Waals surface area contributed by atoms with Gasteiger partial charge in [-0.25, -0.2) is 0 Å². The van der Waals surface area contributed by atoms with Gasteiger partial charge in [-0.3, -0.25) is 14.4 Å². The topological polar surface area (TPSA) is 87.7 Å². The summed E-state index contributed by atoms with van der Waals surface area (Å²) in [7, 11) is 1.58. The number of carbonyl (C=O) groups is 3. The number of methoxy groups -OCH3 is 1. The molecular weight excluding hydrogens is 406 g/mol. The Hall–Kier alpha value is -2.57. The van der Waals surface area contributed by atoms with Gasteiger partial charge in [0.2, 0.25) is 11.8 Å². The molecule has 32 heavy (non-hydrogen) atoms. The van der Waals surface area contributed by atoms with Crippen molar-refractivity contribution in [3.63, 3.8) is 0 Å². The van der Waals surface area contributed by atoms with E-state index in [0.29, 0.717) is 49.7 Å². The molecule has 3 amide bonds. The Bertz CT molecular complexity index is 779. The van der Waals surface area contributed by atoms with Crippen molar-refractivity contribution in [3.05, 3.63) is 29.8 Å². The molecule has 1 saturated heterocycles. The van der Waals surface area contributed by atoms with Crippen LogP contribution in [0.4, 0.5) is 0 Å². The Balaban J connectivity index is 1.65. The first-order valence-electron chi connectivity index (χ1n) is 11.9. The minimum absolute atomic E-state index is 0.00279. The Morgan fingerprint density at radius 1 is 1.03 bits per heavy atom. The smallest absolute Gasteiger partial charge is 0.251 e. The fourth-order valence-corrected chi connectivity index (χ4v) is 4.66. The highest BCUT2D eigenvalue weighted by Crippen LogP contribution is 2.29. The van der Waals surface area contributed by atoms with Gasteiger partial charge in [-0.2, -0.15) is 0 Å². The van der Waals surface area contributed by atoms with Gasteiger partial charge >= 0.3 is 0 Å². The third kappa shape index (κ3) is 6.24. The Morgan fingerprint density at radius 2 is 1.66 bits per heavy atom. The lowest BCUT2D eigenvalue weighted by Gasteiger charge is -2.37. The SMILES string of the molecule is COc1ccc(C(=O)N[C@H](C(=O)NCC(C)C)C2CCN(C(=O)C3CCCC3)CC2)cc1. The second-order valence-corrected chi connectivity index (χ2v) is 9.46. The van der Waals surface area contributed by atoms with Gasteiger partial charge in [0.05, 0.1) is 7.11 Å². The number of nitrogens with one attached hydrogen (secondary N) is 2. The van der Waals surface area contributed by atoms with Gasteiger partial charge < -0.3 is 20.3 Å². The zero-order valence-electron chi connectivity index (χ0n) is 19.6. The van der Waals surface area contributed by atoms with Crippen LogP contribution in [0.5, 0.6) is 5.75 Å². The van der Waals surface area contributed by atoms with E-state index in [2.05, 4.69) is 10.6 Å². The van der Waals surface area contributed by atoms with Gasteiger partial charge in [0.15, 0.2) is 0 Å². The van der Waals surface area contributed by atoms with Crippen molar-refractivity contribution in [1.82, 2.24) is 15.5 Å². The molecule has 0 spiro atoms. The van der Waals surface area contributed by atoms with E-state index in [9.17, 15) is 14.4 Å². The molecule has 2 aliphatic rings. The third-order valence-electron chi connectivity index (χ3n) is 6.63. The van der Waals surface area contributed by atoms with Gasteiger partial charge in [0.1, 0.15) is 11.8 Å². The van der Waals surface area contributed by atoms with Crippen molar-refractivity contribution in [3.8, 4) is 5.75 Å². The fourth-order valence-electron chi connectivity index (χ4n) is 4.66. The molecule has 1 saturated carbocycles. The molecule has 1 aromatic rings. The molecule has 1 atom stereocenters. The van der Waals surface area contributed by atoms with Crippen LogP contribution in [0.25, 0.3) is 0 Å². The van der Waals surface area contributed by atoms with Crippen LogP contribution in [0.1, 0.15) is 62.7 Å². The first-order valence-corrected chi connectivity index (χ1v) is 11.9. The normalized spacial score (nSPS) is 18.4. The lowest BCUT2D eigenvalue weighted by Crippen LogP contribution is -2.54. The molecule has 1 aliphatic heterocycles. The number of amides is 3. The Kier molecular flexibility index (Phi) is 8.53. The van der Waals surface area contributed by atoms with E-state index in [1.165, 1.54) is 0 Å². The second kappa shape index (κ2) is 11.3. The zero-order valence-corrected chi connectivity index (χ0v) is 19.6. The minimum Gasteiger partial charge on any atom is -0.497 e. The standard InChI is InChI=1S/C25H37N3O4/c1-17(2)16-26-24(30)22(27-23(29)19-8-10-21(32-3)11-9-19)18-12-14-28(15-13-18)25(31)20-6-4-5-7-20/h8-11,17-18,20,22H,4-7,12-16H2,1-3H3,(H,26,30)(H,27,29)/t22-/m0/s1. The van der Waals surface area contributed by atoms with Crippen LogP contribution in [0, 0.1) is 17.8 Å². The maximum absolute atomic E-state index is 13.0. The van der Waals surface area contributed by atoms with Crippen LogP contribution in [0.2, 0.25) is 0 Å². The van der Waals surface area contributed by atoms with Crippen molar-refractivity contribution < 1.29 is 19.1 Å². The van der Waals surface area contributed by atoms with Crippen LogP contribution in [0.15, 0.2) is 24.3 Å². The molecule has 0 unspecified atom stereocenters.